The van der Waals surface area contributed by atoms with Gasteiger partial charge in [-0.25, -0.2) is 4.98 Å². The number of benzene rings is 1. The molecule has 0 spiro atoms. The summed E-state index contributed by atoms with van der Waals surface area (Å²) in [5.41, 5.74) is 5.94. The summed E-state index contributed by atoms with van der Waals surface area (Å²) in [6, 6.07) is 16.3. The third-order valence-corrected chi connectivity index (χ3v) is 8.76. The monoisotopic (exact) mass is 548 g/mol. The van der Waals surface area contributed by atoms with E-state index in [4.69, 9.17) is 10.4 Å². The first-order valence-electron chi connectivity index (χ1n) is 13.6. The molecular weight excluding hydrogens is 516 g/mol. The number of hydrogen-bond acceptors (Lipinski definition) is 8. The SMILES string of the molecule is CCn1cc(C2=CN/C(=C(/C#N)C=N)C(c3ccc(N4CC5CC(C4)N5Cc4ccc(SC)cc4)nc3)=C2)cn1. The van der Waals surface area contributed by atoms with E-state index in [1.165, 1.54) is 16.9 Å². The Bertz CT molecular complexity index is 1530. The number of pyridine rings is 1. The highest BCUT2D eigenvalue weighted by Gasteiger charge is 2.44. The van der Waals surface area contributed by atoms with E-state index in [9.17, 15) is 5.26 Å². The van der Waals surface area contributed by atoms with Gasteiger partial charge in [-0.2, -0.15) is 10.4 Å². The van der Waals surface area contributed by atoms with Gasteiger partial charge in [-0.1, -0.05) is 12.1 Å². The molecule has 0 saturated carbocycles. The van der Waals surface area contributed by atoms with Gasteiger partial charge >= 0.3 is 0 Å². The Morgan fingerprint density at radius 1 is 1.15 bits per heavy atom. The fraction of sp³-hybridized carbons (Fsp3) is 0.290. The van der Waals surface area contributed by atoms with Crippen LogP contribution in [-0.2, 0) is 13.1 Å². The van der Waals surface area contributed by atoms with Gasteiger partial charge in [0.2, 0.25) is 0 Å². The van der Waals surface area contributed by atoms with E-state index in [0.29, 0.717) is 17.8 Å². The fourth-order valence-corrected chi connectivity index (χ4v) is 6.17. The Labute approximate surface area is 239 Å². The largest absolute Gasteiger partial charge is 0.359 e. The van der Waals surface area contributed by atoms with Gasteiger partial charge in [0.25, 0.3) is 0 Å². The molecule has 4 aliphatic rings. The summed E-state index contributed by atoms with van der Waals surface area (Å²) in [5.74, 6) is 0.977. The number of aromatic nitrogens is 3. The number of piperazine rings is 1. The zero-order valence-corrected chi connectivity index (χ0v) is 23.5. The maximum Gasteiger partial charge on any atom is 0.128 e. The Kier molecular flexibility index (Phi) is 7.29. The quantitative estimate of drug-likeness (QED) is 0.234. The molecule has 0 radical (unpaired) electrons. The van der Waals surface area contributed by atoms with E-state index in [2.05, 4.69) is 75.9 Å². The molecule has 2 unspecified atom stereocenters. The van der Waals surface area contributed by atoms with Gasteiger partial charge in [-0.3, -0.25) is 9.58 Å². The Morgan fingerprint density at radius 3 is 2.58 bits per heavy atom. The predicted molar refractivity (Wildman–Crippen MR) is 161 cm³/mol. The molecule has 4 aliphatic heterocycles. The van der Waals surface area contributed by atoms with Crippen LogP contribution in [0.25, 0.3) is 11.1 Å². The number of fused-ring (bicyclic) bond motifs is 2. The summed E-state index contributed by atoms with van der Waals surface area (Å²) in [4.78, 5) is 11.2. The van der Waals surface area contributed by atoms with Crippen molar-refractivity contribution in [3.05, 3.63) is 95.2 Å². The second-order valence-electron chi connectivity index (χ2n) is 10.3. The van der Waals surface area contributed by atoms with Crippen LogP contribution in [0.5, 0.6) is 0 Å². The van der Waals surface area contributed by atoms with Crippen molar-refractivity contribution in [1.29, 1.82) is 10.7 Å². The smallest absolute Gasteiger partial charge is 0.128 e. The van der Waals surface area contributed by atoms with Crippen molar-refractivity contribution in [2.45, 2.75) is 43.4 Å². The Morgan fingerprint density at radius 2 is 1.95 bits per heavy atom. The lowest BCUT2D eigenvalue weighted by atomic mass is 9.86. The zero-order valence-electron chi connectivity index (χ0n) is 22.7. The number of nitrogens with one attached hydrogen (secondary N) is 2. The van der Waals surface area contributed by atoms with Crippen molar-refractivity contribution in [3.8, 4) is 6.07 Å². The first kappa shape index (κ1) is 26.1. The lowest BCUT2D eigenvalue weighted by Crippen LogP contribution is -2.68. The molecule has 3 saturated heterocycles. The number of allylic oxidation sites excluding steroid dienone is 4. The van der Waals surface area contributed by atoms with Crippen molar-refractivity contribution < 1.29 is 0 Å². The van der Waals surface area contributed by atoms with Crippen molar-refractivity contribution in [2.24, 2.45) is 0 Å². The Hall–Kier alpha value is -4.13. The minimum Gasteiger partial charge on any atom is -0.359 e. The molecule has 40 heavy (non-hydrogen) atoms. The number of nitrogens with zero attached hydrogens (tertiary/aromatic N) is 6. The van der Waals surface area contributed by atoms with Crippen LogP contribution in [0.1, 0.15) is 30.0 Å². The lowest BCUT2D eigenvalue weighted by molar-refractivity contribution is -0.00869. The molecule has 0 amide bonds. The highest BCUT2D eigenvalue weighted by atomic mass is 32.2. The summed E-state index contributed by atoms with van der Waals surface area (Å²) < 4.78 is 1.88. The molecule has 1 aromatic carbocycles. The van der Waals surface area contributed by atoms with Crippen molar-refractivity contribution in [3.63, 3.8) is 0 Å². The van der Waals surface area contributed by atoms with E-state index in [0.717, 1.165) is 60.5 Å². The van der Waals surface area contributed by atoms with Crippen LogP contribution >= 0.6 is 11.8 Å². The van der Waals surface area contributed by atoms with Crippen LogP contribution in [-0.4, -0.2) is 57.3 Å². The zero-order chi connectivity index (χ0) is 27.6. The van der Waals surface area contributed by atoms with E-state index in [-0.39, 0.29) is 5.57 Å². The minimum absolute atomic E-state index is 0.272. The molecule has 2 atom stereocenters. The third-order valence-electron chi connectivity index (χ3n) is 8.02. The maximum absolute atomic E-state index is 9.65. The second kappa shape index (κ2) is 11.2. The molecule has 3 aromatic rings. The standard InChI is InChI=1S/C31H32N8S/c1-3-38-18-25(16-36-38)23-10-29(31(35-15-23)24(12-32)13-33)22-6-9-30(34-14-22)37-19-26-11-27(20-37)39(26)17-21-4-7-28(40-2)8-5-21/h4-10,12,14-16,18,26-27,32,35H,3,11,17,19-20H2,1-2H3/b31-24+,32-12?. The molecule has 2 bridgehead atoms. The Balaban J connectivity index is 1.19. The van der Waals surface area contributed by atoms with E-state index >= 15 is 0 Å². The average Bonchev–Trinajstić information content (AvgIpc) is 3.50. The topological polar surface area (TPSA) is 96.9 Å². The van der Waals surface area contributed by atoms with Crippen LogP contribution in [0.15, 0.2) is 83.4 Å². The highest BCUT2D eigenvalue weighted by molar-refractivity contribution is 7.98. The molecule has 2 N–H and O–H groups in total. The van der Waals surface area contributed by atoms with E-state index in [1.807, 2.05) is 35.5 Å². The number of anilines is 1. The van der Waals surface area contributed by atoms with Crippen molar-refractivity contribution in [2.75, 3.05) is 24.2 Å². The molecule has 6 heterocycles. The van der Waals surface area contributed by atoms with E-state index in [1.54, 1.807) is 11.8 Å². The van der Waals surface area contributed by atoms with Crippen molar-refractivity contribution in [1.82, 2.24) is 25.0 Å². The summed E-state index contributed by atoms with van der Waals surface area (Å²) in [7, 11) is 0. The summed E-state index contributed by atoms with van der Waals surface area (Å²) in [6.45, 7) is 5.80. The van der Waals surface area contributed by atoms with Crippen LogP contribution in [0.2, 0.25) is 0 Å². The molecule has 202 valence electrons. The molecule has 9 heteroatoms. The predicted octanol–water partition coefficient (Wildman–Crippen LogP) is 4.94. The van der Waals surface area contributed by atoms with Gasteiger partial charge in [0.05, 0.1) is 17.5 Å². The highest BCUT2D eigenvalue weighted by Crippen LogP contribution is 2.36. The molecule has 3 fully saturated rings. The third kappa shape index (κ3) is 4.96. The number of hydrogen-bond donors (Lipinski definition) is 2. The first-order chi connectivity index (χ1) is 19.6. The van der Waals surface area contributed by atoms with Crippen LogP contribution in [0, 0.1) is 16.7 Å². The fourth-order valence-electron chi connectivity index (χ4n) is 5.77. The van der Waals surface area contributed by atoms with Gasteiger partial charge in [0.1, 0.15) is 11.9 Å². The average molecular weight is 549 g/mol. The van der Waals surface area contributed by atoms with Crippen molar-refractivity contribution >= 4 is 34.9 Å². The van der Waals surface area contributed by atoms with Crippen LogP contribution in [0.3, 0.4) is 0 Å². The lowest BCUT2D eigenvalue weighted by Gasteiger charge is -2.56. The first-order valence-corrected chi connectivity index (χ1v) is 14.8. The normalized spacial score (nSPS) is 21.5. The van der Waals surface area contributed by atoms with Gasteiger partial charge in [0, 0.05) is 90.2 Å². The summed E-state index contributed by atoms with van der Waals surface area (Å²) >= 11 is 1.78. The van der Waals surface area contributed by atoms with E-state index < -0.39 is 0 Å². The molecule has 8 nitrogen and oxygen atoms in total. The molecular formula is C31H32N8S. The molecule has 0 aliphatic carbocycles. The van der Waals surface area contributed by atoms with Gasteiger partial charge in [-0.05, 0) is 55.5 Å². The second-order valence-corrected chi connectivity index (χ2v) is 11.2. The number of dihydropyridines is 1. The number of nitriles is 1. The number of aryl methyl sites for hydroxylation is 1. The molecule has 7 rings (SSSR count). The number of rotatable bonds is 8. The maximum atomic E-state index is 9.65. The van der Waals surface area contributed by atoms with Gasteiger partial charge < -0.3 is 15.6 Å². The molecule has 2 aromatic heterocycles. The van der Waals surface area contributed by atoms with Gasteiger partial charge in [-0.15, -0.1) is 11.8 Å². The number of piperidine rings is 1. The minimum atomic E-state index is 0.272. The van der Waals surface area contributed by atoms with Gasteiger partial charge in [0.15, 0.2) is 0 Å². The van der Waals surface area contributed by atoms with Crippen LogP contribution in [0.4, 0.5) is 5.82 Å². The number of thioether (sulfide) groups is 1. The van der Waals surface area contributed by atoms with Crippen LogP contribution < -0.4 is 10.2 Å². The summed E-state index contributed by atoms with van der Waals surface area (Å²) in [5, 5.41) is 25.1. The summed E-state index contributed by atoms with van der Waals surface area (Å²) in [6.07, 6.45) is 14.1.